The van der Waals surface area contributed by atoms with Gasteiger partial charge in [0.1, 0.15) is 6.33 Å². The van der Waals surface area contributed by atoms with Crippen molar-refractivity contribution in [3.8, 4) is 10.4 Å². The quantitative estimate of drug-likeness (QED) is 0.434. The highest BCUT2D eigenvalue weighted by Gasteiger charge is 2.24. The van der Waals surface area contributed by atoms with Crippen LogP contribution < -0.4 is 0 Å². The molecule has 6 heteroatoms. The summed E-state index contributed by atoms with van der Waals surface area (Å²) in [5, 5.41) is 6.53. The number of piperidine rings is 1. The third kappa shape index (κ3) is 4.45. The Balaban J connectivity index is 0.00000106. The van der Waals surface area contributed by atoms with E-state index in [0.29, 0.717) is 11.7 Å². The van der Waals surface area contributed by atoms with Crippen molar-refractivity contribution in [2.24, 2.45) is 0 Å². The third-order valence-corrected chi connectivity index (χ3v) is 6.42. The maximum atomic E-state index is 4.48. The average Bonchev–Trinajstić information content (AvgIpc) is 3.47. The lowest BCUT2D eigenvalue weighted by atomic mass is 9.93. The maximum Gasteiger partial charge on any atom is 0.252 e. The molecule has 0 bridgehead atoms. The zero-order valence-electron chi connectivity index (χ0n) is 18.0. The molecular weight excluding hydrogens is 390 g/mol. The molecule has 1 aliphatic rings. The van der Waals surface area contributed by atoms with Crippen molar-refractivity contribution in [3.63, 3.8) is 0 Å². The summed E-state index contributed by atoms with van der Waals surface area (Å²) in [6, 6.07) is 15.5. The van der Waals surface area contributed by atoms with Crippen molar-refractivity contribution >= 4 is 17.1 Å². The van der Waals surface area contributed by atoms with Gasteiger partial charge in [-0.1, -0.05) is 44.2 Å². The highest BCUT2D eigenvalue weighted by atomic mass is 32.1. The first-order valence-corrected chi connectivity index (χ1v) is 11.7. The van der Waals surface area contributed by atoms with Crippen molar-refractivity contribution < 1.29 is 0 Å². The van der Waals surface area contributed by atoms with Crippen molar-refractivity contribution in [2.75, 3.05) is 13.1 Å². The predicted molar refractivity (Wildman–Crippen MR) is 124 cm³/mol. The molecule has 30 heavy (non-hydrogen) atoms. The van der Waals surface area contributed by atoms with E-state index in [1.165, 1.54) is 34.5 Å². The monoisotopic (exact) mass is 419 g/mol. The van der Waals surface area contributed by atoms with E-state index in [1.807, 2.05) is 25.3 Å². The van der Waals surface area contributed by atoms with Crippen LogP contribution in [-0.2, 0) is 6.54 Å². The van der Waals surface area contributed by atoms with E-state index in [4.69, 9.17) is 0 Å². The summed E-state index contributed by atoms with van der Waals surface area (Å²) in [5.74, 6) is 1.17. The molecule has 4 heterocycles. The molecule has 0 radical (unpaired) electrons. The smallest absolute Gasteiger partial charge is 0.252 e. The van der Waals surface area contributed by atoms with E-state index in [0.717, 1.165) is 25.3 Å². The standard InChI is InChI=1S/C22H23N5S.C2H6/c1-16-12-20(27-22(25-16)23-15-24-27)19-4-2-10-26(14-19)13-17-6-8-18(9-7-17)21-5-3-11-28-21;1-2/h3,5-9,11-12,15,19H,2,4,10,13-14H2,1H3;1-2H3. The average molecular weight is 420 g/mol. The summed E-state index contributed by atoms with van der Waals surface area (Å²) in [4.78, 5) is 12.7. The molecule has 1 fully saturated rings. The number of rotatable bonds is 4. The molecule has 5 nitrogen and oxygen atoms in total. The fourth-order valence-corrected chi connectivity index (χ4v) is 4.90. The Hall–Kier alpha value is -2.57. The van der Waals surface area contributed by atoms with Gasteiger partial charge in [0.15, 0.2) is 0 Å². The normalized spacial score (nSPS) is 17.0. The lowest BCUT2D eigenvalue weighted by Gasteiger charge is -2.33. The van der Waals surface area contributed by atoms with Crippen LogP contribution in [0.3, 0.4) is 0 Å². The van der Waals surface area contributed by atoms with E-state index in [1.54, 1.807) is 17.7 Å². The van der Waals surface area contributed by atoms with Crippen LogP contribution in [0.5, 0.6) is 0 Å². The summed E-state index contributed by atoms with van der Waals surface area (Å²) < 4.78 is 1.91. The SMILES string of the molecule is CC.Cc1cc(C2CCCN(Cc3ccc(-c4cccs4)cc3)C2)n2ncnc2n1. The molecule has 1 aromatic carbocycles. The van der Waals surface area contributed by atoms with E-state index in [-0.39, 0.29) is 0 Å². The van der Waals surface area contributed by atoms with Gasteiger partial charge < -0.3 is 0 Å². The highest BCUT2D eigenvalue weighted by molar-refractivity contribution is 7.13. The van der Waals surface area contributed by atoms with Gasteiger partial charge in [-0.2, -0.15) is 10.1 Å². The van der Waals surface area contributed by atoms with Crippen LogP contribution in [0.2, 0.25) is 0 Å². The molecule has 156 valence electrons. The van der Waals surface area contributed by atoms with Crippen LogP contribution in [-0.4, -0.2) is 37.6 Å². The Morgan fingerprint density at radius 2 is 1.97 bits per heavy atom. The van der Waals surface area contributed by atoms with Crippen molar-refractivity contribution in [1.29, 1.82) is 0 Å². The number of hydrogen-bond acceptors (Lipinski definition) is 5. The molecule has 0 spiro atoms. The minimum Gasteiger partial charge on any atom is -0.298 e. The van der Waals surface area contributed by atoms with E-state index < -0.39 is 0 Å². The Labute approximate surface area is 182 Å². The molecule has 0 N–H and O–H groups in total. The zero-order chi connectivity index (χ0) is 20.9. The first-order chi connectivity index (χ1) is 14.8. The fourth-order valence-electron chi connectivity index (χ4n) is 4.17. The number of aryl methyl sites for hydroxylation is 1. The molecule has 5 rings (SSSR count). The minimum atomic E-state index is 0.463. The number of aromatic nitrogens is 4. The van der Waals surface area contributed by atoms with Crippen LogP contribution in [0, 0.1) is 6.92 Å². The Bertz CT molecular complexity index is 1070. The Kier molecular flexibility index (Phi) is 6.55. The van der Waals surface area contributed by atoms with Crippen molar-refractivity contribution in [2.45, 2.75) is 46.1 Å². The minimum absolute atomic E-state index is 0.463. The lowest BCUT2D eigenvalue weighted by molar-refractivity contribution is 0.197. The second-order valence-corrected chi connectivity index (χ2v) is 8.49. The number of benzene rings is 1. The zero-order valence-corrected chi connectivity index (χ0v) is 18.8. The van der Waals surface area contributed by atoms with E-state index in [2.05, 4.69) is 67.8 Å². The van der Waals surface area contributed by atoms with Gasteiger partial charge in [0.25, 0.3) is 5.78 Å². The summed E-state index contributed by atoms with van der Waals surface area (Å²) >= 11 is 1.79. The first kappa shape index (κ1) is 20.7. The molecule has 1 saturated heterocycles. The first-order valence-electron chi connectivity index (χ1n) is 10.8. The molecular formula is C24H29N5S. The second-order valence-electron chi connectivity index (χ2n) is 7.54. The molecule has 1 unspecified atom stereocenters. The van der Waals surface area contributed by atoms with Gasteiger partial charge in [-0.25, -0.2) is 9.50 Å². The summed E-state index contributed by atoms with van der Waals surface area (Å²) in [5.41, 5.74) is 4.92. The third-order valence-electron chi connectivity index (χ3n) is 5.50. The second kappa shape index (κ2) is 9.49. The summed E-state index contributed by atoms with van der Waals surface area (Å²) in [7, 11) is 0. The van der Waals surface area contributed by atoms with Gasteiger partial charge in [0.2, 0.25) is 0 Å². The van der Waals surface area contributed by atoms with E-state index >= 15 is 0 Å². The van der Waals surface area contributed by atoms with Crippen LogP contribution >= 0.6 is 11.3 Å². The number of hydrogen-bond donors (Lipinski definition) is 0. The van der Waals surface area contributed by atoms with Crippen molar-refractivity contribution in [1.82, 2.24) is 24.5 Å². The number of fused-ring (bicyclic) bond motifs is 1. The van der Waals surface area contributed by atoms with Crippen LogP contribution in [0.25, 0.3) is 16.2 Å². The van der Waals surface area contributed by atoms with Crippen LogP contribution in [0.1, 0.15) is 49.6 Å². The molecule has 1 aliphatic heterocycles. The number of likely N-dealkylation sites (tertiary alicyclic amines) is 1. The van der Waals surface area contributed by atoms with Crippen LogP contribution in [0.15, 0.2) is 54.2 Å². The van der Waals surface area contributed by atoms with Crippen LogP contribution in [0.4, 0.5) is 0 Å². The van der Waals surface area contributed by atoms with E-state index in [9.17, 15) is 0 Å². The highest BCUT2D eigenvalue weighted by Crippen LogP contribution is 2.29. The number of nitrogens with zero attached hydrogens (tertiary/aromatic N) is 5. The molecule has 0 amide bonds. The Morgan fingerprint density at radius 1 is 1.13 bits per heavy atom. The summed E-state index contributed by atoms with van der Waals surface area (Å²) in [6.45, 7) is 9.22. The molecule has 1 atom stereocenters. The molecule has 0 aliphatic carbocycles. The maximum absolute atomic E-state index is 4.48. The Morgan fingerprint density at radius 3 is 2.73 bits per heavy atom. The van der Waals surface area contributed by atoms with Gasteiger partial charge in [-0.05, 0) is 54.9 Å². The number of thiophene rings is 1. The van der Waals surface area contributed by atoms with Gasteiger partial charge >= 0.3 is 0 Å². The largest absolute Gasteiger partial charge is 0.298 e. The summed E-state index contributed by atoms with van der Waals surface area (Å²) in [6.07, 6.45) is 3.99. The van der Waals surface area contributed by atoms with Gasteiger partial charge in [-0.15, -0.1) is 11.3 Å². The van der Waals surface area contributed by atoms with Gasteiger partial charge in [-0.3, -0.25) is 4.90 Å². The molecule has 0 saturated carbocycles. The van der Waals surface area contributed by atoms with Crippen molar-refractivity contribution in [3.05, 3.63) is 71.1 Å². The molecule has 3 aromatic heterocycles. The fraction of sp³-hybridized carbons (Fsp3) is 0.375. The van der Waals surface area contributed by atoms with Gasteiger partial charge in [0, 0.05) is 29.6 Å². The topological polar surface area (TPSA) is 46.3 Å². The predicted octanol–water partition coefficient (Wildman–Crippen LogP) is 5.57. The molecule has 4 aromatic rings. The lowest BCUT2D eigenvalue weighted by Crippen LogP contribution is -2.34. The van der Waals surface area contributed by atoms with Gasteiger partial charge in [0.05, 0.1) is 5.69 Å².